The summed E-state index contributed by atoms with van der Waals surface area (Å²) in [5, 5.41) is 6.29. The lowest BCUT2D eigenvalue weighted by Gasteiger charge is -2.37. The van der Waals surface area contributed by atoms with Crippen LogP contribution in [0.25, 0.3) is 0 Å². The van der Waals surface area contributed by atoms with Gasteiger partial charge in [-0.05, 0) is 30.7 Å². The number of piperazine rings is 1. The van der Waals surface area contributed by atoms with Gasteiger partial charge in [0, 0.05) is 45.5 Å². The van der Waals surface area contributed by atoms with Crippen LogP contribution in [0.1, 0.15) is 6.42 Å². The summed E-state index contributed by atoms with van der Waals surface area (Å²) in [5.41, 5.74) is 1.04. The van der Waals surface area contributed by atoms with Gasteiger partial charge in [0.05, 0.1) is 11.7 Å². The van der Waals surface area contributed by atoms with E-state index in [2.05, 4.69) is 37.6 Å². The lowest BCUT2D eigenvalue weighted by atomic mass is 10.2. The first-order valence-corrected chi connectivity index (χ1v) is 9.52. The van der Waals surface area contributed by atoms with Gasteiger partial charge in [0.2, 0.25) is 0 Å². The molecule has 140 valence electrons. The molecule has 2 N–H and O–H groups in total. The number of rotatable bonds is 2. The predicted octanol–water partition coefficient (Wildman–Crippen LogP) is 1.52. The number of pyridine rings is 2. The van der Waals surface area contributed by atoms with Crippen LogP contribution in [0.3, 0.4) is 0 Å². The minimum atomic E-state index is -0.161. The summed E-state index contributed by atoms with van der Waals surface area (Å²) in [5.74, 6) is 2.25. The average Bonchev–Trinajstić information content (AvgIpc) is 3.13. The third-order valence-corrected chi connectivity index (χ3v) is 5.50. The van der Waals surface area contributed by atoms with Gasteiger partial charge < -0.3 is 15.1 Å². The third kappa shape index (κ3) is 2.95. The van der Waals surface area contributed by atoms with E-state index in [1.807, 2.05) is 17.0 Å². The van der Waals surface area contributed by atoms with Crippen LogP contribution in [0.4, 0.5) is 27.9 Å². The van der Waals surface area contributed by atoms with E-state index in [-0.39, 0.29) is 12.1 Å². The number of nitrogens with one attached hydrogen (secondary N) is 2. The molecule has 5 rings (SSSR count). The van der Waals surface area contributed by atoms with E-state index in [0.29, 0.717) is 5.82 Å². The fourth-order valence-electron chi connectivity index (χ4n) is 4.14. The molecular weight excluding hydrogens is 342 g/mol. The van der Waals surface area contributed by atoms with Crippen molar-refractivity contribution in [2.24, 2.45) is 0 Å². The van der Waals surface area contributed by atoms with Crippen LogP contribution in [-0.4, -0.2) is 61.3 Å². The van der Waals surface area contributed by atoms with Crippen molar-refractivity contribution in [3.05, 3.63) is 36.5 Å². The normalized spacial score (nSPS) is 21.2. The number of hydrogen-bond donors (Lipinski definition) is 2. The van der Waals surface area contributed by atoms with Gasteiger partial charge in [-0.1, -0.05) is 6.07 Å². The molecule has 0 aromatic carbocycles. The lowest BCUT2D eigenvalue weighted by Crippen LogP contribution is -2.49. The Morgan fingerprint density at radius 3 is 2.81 bits per heavy atom. The Morgan fingerprint density at radius 2 is 2.00 bits per heavy atom. The van der Waals surface area contributed by atoms with E-state index in [1.54, 1.807) is 12.3 Å². The first-order valence-electron chi connectivity index (χ1n) is 9.52. The molecule has 0 aliphatic carbocycles. The van der Waals surface area contributed by atoms with E-state index in [4.69, 9.17) is 4.98 Å². The molecule has 0 radical (unpaired) electrons. The Labute approximate surface area is 158 Å². The summed E-state index contributed by atoms with van der Waals surface area (Å²) in [6.07, 6.45) is 2.63. The van der Waals surface area contributed by atoms with Crippen molar-refractivity contribution in [2.45, 2.75) is 12.5 Å². The highest BCUT2D eigenvalue weighted by Gasteiger charge is 2.40. The Hall–Kier alpha value is -2.87. The van der Waals surface area contributed by atoms with Gasteiger partial charge in [0.1, 0.15) is 11.6 Å². The van der Waals surface area contributed by atoms with Gasteiger partial charge in [0.25, 0.3) is 0 Å². The number of fused-ring (bicyclic) bond motifs is 4. The van der Waals surface area contributed by atoms with Crippen LogP contribution in [0.15, 0.2) is 36.5 Å². The van der Waals surface area contributed by atoms with Crippen LogP contribution < -0.4 is 25.3 Å². The minimum Gasteiger partial charge on any atom is -0.366 e. The highest BCUT2D eigenvalue weighted by Crippen LogP contribution is 2.40. The highest BCUT2D eigenvalue weighted by molar-refractivity contribution is 6.04. The molecule has 5 heterocycles. The number of aromatic nitrogens is 2. The van der Waals surface area contributed by atoms with Gasteiger partial charge in [0.15, 0.2) is 5.82 Å². The zero-order valence-corrected chi connectivity index (χ0v) is 15.1. The number of carbonyl (C=O) groups is 1. The molecule has 2 aromatic rings. The summed E-state index contributed by atoms with van der Waals surface area (Å²) in [6.45, 7) is 5.59. The second kappa shape index (κ2) is 6.70. The molecule has 1 atom stereocenters. The van der Waals surface area contributed by atoms with E-state index in [1.165, 1.54) is 0 Å². The molecule has 2 fully saturated rings. The maximum Gasteiger partial charge on any atom is 0.329 e. The van der Waals surface area contributed by atoms with Crippen molar-refractivity contribution in [1.82, 2.24) is 15.3 Å². The maximum atomic E-state index is 13.1. The molecule has 3 aliphatic rings. The molecule has 2 saturated heterocycles. The molecule has 0 unspecified atom stereocenters. The van der Waals surface area contributed by atoms with Crippen molar-refractivity contribution in [1.29, 1.82) is 0 Å². The zero-order chi connectivity index (χ0) is 18.2. The van der Waals surface area contributed by atoms with Crippen molar-refractivity contribution in [3.8, 4) is 0 Å². The van der Waals surface area contributed by atoms with Gasteiger partial charge >= 0.3 is 6.03 Å². The van der Waals surface area contributed by atoms with Gasteiger partial charge in [-0.15, -0.1) is 0 Å². The molecule has 0 spiro atoms. The topological polar surface area (TPSA) is 76.6 Å². The average molecular weight is 365 g/mol. The number of hydrogen-bond acceptors (Lipinski definition) is 6. The second-order valence-corrected chi connectivity index (χ2v) is 7.15. The first-order chi connectivity index (χ1) is 13.3. The van der Waals surface area contributed by atoms with E-state index in [0.717, 1.165) is 63.0 Å². The number of nitrogens with zero attached hydrogens (tertiary/aromatic N) is 5. The summed E-state index contributed by atoms with van der Waals surface area (Å²) in [7, 11) is 0. The van der Waals surface area contributed by atoms with Gasteiger partial charge in [-0.2, -0.15) is 0 Å². The smallest absolute Gasteiger partial charge is 0.329 e. The molecule has 27 heavy (non-hydrogen) atoms. The molecule has 8 nitrogen and oxygen atoms in total. The second-order valence-electron chi connectivity index (χ2n) is 7.15. The lowest BCUT2D eigenvalue weighted by molar-refractivity contribution is 0.254. The quantitative estimate of drug-likeness (QED) is 0.840. The number of amides is 2. The van der Waals surface area contributed by atoms with Crippen molar-refractivity contribution in [2.75, 3.05) is 59.3 Å². The first kappa shape index (κ1) is 16.3. The molecule has 2 amide bonds. The Balaban J connectivity index is 1.48. The molecular formula is C19H23N7O. The Morgan fingerprint density at radius 1 is 1.11 bits per heavy atom. The maximum absolute atomic E-state index is 13.1. The van der Waals surface area contributed by atoms with Gasteiger partial charge in [-0.3, -0.25) is 10.2 Å². The van der Waals surface area contributed by atoms with Gasteiger partial charge in [-0.25, -0.2) is 14.8 Å². The standard InChI is InChI=1S/C19H23N7O/c27-19(22-16-3-1-2-7-21-16)26-14-6-10-25(13-14)15-4-5-17(23-18(15)26)24-11-8-20-9-12-24/h1-5,7,14,20H,6,8-13H2,(H,21,22,27)/t14-/m0/s1. The fraction of sp³-hybridized carbons (Fsp3) is 0.421. The highest BCUT2D eigenvalue weighted by atomic mass is 16.2. The number of anilines is 4. The number of carbonyl (C=O) groups excluding carboxylic acids is 1. The van der Waals surface area contributed by atoms with E-state index < -0.39 is 0 Å². The monoisotopic (exact) mass is 365 g/mol. The summed E-state index contributed by atoms with van der Waals surface area (Å²) in [6, 6.07) is 9.68. The molecule has 8 heteroatoms. The Bertz CT molecular complexity index is 837. The number of urea groups is 1. The van der Waals surface area contributed by atoms with Crippen LogP contribution in [-0.2, 0) is 0 Å². The van der Waals surface area contributed by atoms with Crippen LogP contribution in [0.2, 0.25) is 0 Å². The van der Waals surface area contributed by atoms with Crippen molar-refractivity contribution < 1.29 is 4.79 Å². The van der Waals surface area contributed by atoms with Crippen molar-refractivity contribution in [3.63, 3.8) is 0 Å². The summed E-state index contributed by atoms with van der Waals surface area (Å²) in [4.78, 5) is 28.7. The SMILES string of the molecule is O=C(Nc1ccccn1)N1c2nc(N3CCNCC3)ccc2N2CC[C@H]1C2. The third-order valence-electron chi connectivity index (χ3n) is 5.50. The van der Waals surface area contributed by atoms with Crippen molar-refractivity contribution >= 4 is 29.2 Å². The van der Waals surface area contributed by atoms with Crippen LogP contribution in [0, 0.1) is 0 Å². The summed E-state index contributed by atoms with van der Waals surface area (Å²) < 4.78 is 0. The zero-order valence-electron chi connectivity index (χ0n) is 15.1. The molecule has 3 aliphatic heterocycles. The predicted molar refractivity (Wildman–Crippen MR) is 106 cm³/mol. The van der Waals surface area contributed by atoms with Crippen LogP contribution in [0.5, 0.6) is 0 Å². The molecule has 0 saturated carbocycles. The fourth-order valence-corrected chi connectivity index (χ4v) is 4.14. The largest absolute Gasteiger partial charge is 0.366 e. The van der Waals surface area contributed by atoms with E-state index >= 15 is 0 Å². The van der Waals surface area contributed by atoms with E-state index in [9.17, 15) is 4.79 Å². The Kier molecular flexibility index (Phi) is 4.05. The van der Waals surface area contributed by atoms with Crippen LogP contribution >= 0.6 is 0 Å². The molecule has 2 aromatic heterocycles. The minimum absolute atomic E-state index is 0.145. The summed E-state index contributed by atoms with van der Waals surface area (Å²) >= 11 is 0. The molecule has 2 bridgehead atoms.